The Morgan fingerprint density at radius 2 is 2.10 bits per heavy atom. The Kier molecular flexibility index (Phi) is 4.37. The Bertz CT molecular complexity index is 1300. The number of anilines is 1. The van der Waals surface area contributed by atoms with Gasteiger partial charge in [-0.15, -0.1) is 0 Å². The molecule has 2 aliphatic heterocycles. The SMILES string of the molecule is N#Cc1cccc(F)c1-c1cc(-n2ccc(N3CC[C@H](C#N)C3)n2)c2c(n1)CNC2=O. The van der Waals surface area contributed by atoms with E-state index in [9.17, 15) is 14.4 Å². The molecule has 2 aliphatic rings. The van der Waals surface area contributed by atoms with Crippen LogP contribution in [0, 0.1) is 34.4 Å². The molecule has 0 aliphatic carbocycles. The van der Waals surface area contributed by atoms with E-state index in [0.29, 0.717) is 29.3 Å². The van der Waals surface area contributed by atoms with Crippen molar-refractivity contribution in [3.05, 3.63) is 59.2 Å². The van der Waals surface area contributed by atoms with E-state index in [-0.39, 0.29) is 35.2 Å². The number of nitrogens with zero attached hydrogens (tertiary/aromatic N) is 6. The van der Waals surface area contributed by atoms with Crippen LogP contribution in [0.3, 0.4) is 0 Å². The van der Waals surface area contributed by atoms with Crippen LogP contribution in [0.5, 0.6) is 0 Å². The number of fused-ring (bicyclic) bond motifs is 1. The lowest BCUT2D eigenvalue weighted by molar-refractivity contribution is 0.0965. The highest BCUT2D eigenvalue weighted by atomic mass is 19.1. The molecule has 152 valence electrons. The van der Waals surface area contributed by atoms with Gasteiger partial charge in [0.15, 0.2) is 5.82 Å². The molecule has 2 aromatic heterocycles. The smallest absolute Gasteiger partial charge is 0.255 e. The highest BCUT2D eigenvalue weighted by molar-refractivity contribution is 6.01. The summed E-state index contributed by atoms with van der Waals surface area (Å²) >= 11 is 0. The predicted molar refractivity (Wildman–Crippen MR) is 109 cm³/mol. The van der Waals surface area contributed by atoms with Crippen LogP contribution >= 0.6 is 0 Å². The summed E-state index contributed by atoms with van der Waals surface area (Å²) < 4.78 is 16.2. The molecule has 1 amide bonds. The summed E-state index contributed by atoms with van der Waals surface area (Å²) in [4.78, 5) is 19.0. The fourth-order valence-electron chi connectivity index (χ4n) is 4.09. The third kappa shape index (κ3) is 3.08. The largest absolute Gasteiger partial charge is 0.354 e. The molecule has 4 heterocycles. The number of carbonyl (C=O) groups is 1. The van der Waals surface area contributed by atoms with Crippen molar-refractivity contribution in [2.45, 2.75) is 13.0 Å². The molecule has 1 saturated heterocycles. The molecule has 0 saturated carbocycles. The minimum absolute atomic E-state index is 0.0295. The average molecular weight is 413 g/mol. The monoisotopic (exact) mass is 413 g/mol. The number of carbonyl (C=O) groups excluding carboxylic acids is 1. The number of nitriles is 2. The Morgan fingerprint density at radius 1 is 1.23 bits per heavy atom. The van der Waals surface area contributed by atoms with Crippen LogP contribution in [0.2, 0.25) is 0 Å². The molecule has 1 fully saturated rings. The minimum atomic E-state index is -0.560. The van der Waals surface area contributed by atoms with Crippen LogP contribution in [0.15, 0.2) is 36.5 Å². The number of rotatable bonds is 3. The lowest BCUT2D eigenvalue weighted by atomic mass is 10.0. The molecule has 0 bridgehead atoms. The number of halogens is 1. The molecule has 0 unspecified atom stereocenters. The highest BCUT2D eigenvalue weighted by Crippen LogP contribution is 2.32. The number of amides is 1. The summed E-state index contributed by atoms with van der Waals surface area (Å²) in [5.41, 5.74) is 1.85. The molecule has 31 heavy (non-hydrogen) atoms. The van der Waals surface area contributed by atoms with E-state index in [1.165, 1.54) is 18.2 Å². The summed E-state index contributed by atoms with van der Waals surface area (Å²) in [6.07, 6.45) is 2.51. The summed E-state index contributed by atoms with van der Waals surface area (Å²) in [5.74, 6) is -0.165. The Morgan fingerprint density at radius 3 is 2.87 bits per heavy atom. The number of nitrogens with one attached hydrogen (secondary N) is 1. The molecule has 1 atom stereocenters. The van der Waals surface area contributed by atoms with Crippen molar-refractivity contribution in [1.29, 1.82) is 10.5 Å². The third-order valence-electron chi connectivity index (χ3n) is 5.62. The number of hydrogen-bond acceptors (Lipinski definition) is 6. The van der Waals surface area contributed by atoms with Crippen molar-refractivity contribution in [2.24, 2.45) is 5.92 Å². The zero-order valence-electron chi connectivity index (χ0n) is 16.3. The number of pyridine rings is 1. The second-order valence-corrected chi connectivity index (χ2v) is 7.48. The number of aromatic nitrogens is 3. The lowest BCUT2D eigenvalue weighted by Gasteiger charge is -2.14. The maximum atomic E-state index is 14.6. The third-order valence-corrected chi connectivity index (χ3v) is 5.62. The fourth-order valence-corrected chi connectivity index (χ4v) is 4.09. The molecule has 8 nitrogen and oxygen atoms in total. The predicted octanol–water partition coefficient (Wildman–Crippen LogP) is 2.54. The Balaban J connectivity index is 1.63. The highest BCUT2D eigenvalue weighted by Gasteiger charge is 2.29. The second-order valence-electron chi connectivity index (χ2n) is 7.48. The van der Waals surface area contributed by atoms with E-state index < -0.39 is 5.82 Å². The molecule has 5 rings (SSSR count). The molecule has 1 N–H and O–H groups in total. The van der Waals surface area contributed by atoms with Crippen LogP contribution in [0.25, 0.3) is 16.9 Å². The number of benzene rings is 1. The maximum Gasteiger partial charge on any atom is 0.255 e. The first-order valence-electron chi connectivity index (χ1n) is 9.80. The normalized spacial score (nSPS) is 17.2. The topological polar surface area (TPSA) is 111 Å². The van der Waals surface area contributed by atoms with Gasteiger partial charge in [0.2, 0.25) is 0 Å². The molecular weight excluding hydrogens is 397 g/mol. The first kappa shape index (κ1) is 18.8. The van der Waals surface area contributed by atoms with E-state index >= 15 is 0 Å². The van der Waals surface area contributed by atoms with Crippen molar-refractivity contribution in [1.82, 2.24) is 20.1 Å². The summed E-state index contributed by atoms with van der Waals surface area (Å²) in [6.45, 7) is 1.56. The molecular formula is C22H16FN7O. The van der Waals surface area contributed by atoms with E-state index in [0.717, 1.165) is 13.0 Å². The standard InChI is InChI=1S/C22H16FN7O/c23-15-3-1-2-14(10-25)20(15)16-8-18(21-17(27-16)11-26-22(21)31)30-7-5-19(28-30)29-6-4-13(9-24)12-29/h1-3,5,7-8,13H,4,6,11-12H2,(H,26,31)/t13-/m1/s1. The van der Waals surface area contributed by atoms with Gasteiger partial charge in [0.25, 0.3) is 5.91 Å². The zero-order valence-corrected chi connectivity index (χ0v) is 16.3. The van der Waals surface area contributed by atoms with Crippen LogP contribution < -0.4 is 10.2 Å². The van der Waals surface area contributed by atoms with Gasteiger partial charge < -0.3 is 10.2 Å². The lowest BCUT2D eigenvalue weighted by Crippen LogP contribution is -2.20. The first-order valence-corrected chi connectivity index (χ1v) is 9.80. The quantitative estimate of drug-likeness (QED) is 0.706. The average Bonchev–Trinajstić information content (AvgIpc) is 3.52. The van der Waals surface area contributed by atoms with E-state index in [1.807, 2.05) is 17.0 Å². The van der Waals surface area contributed by atoms with Gasteiger partial charge in [0.05, 0.1) is 58.4 Å². The van der Waals surface area contributed by atoms with Gasteiger partial charge in [-0.2, -0.15) is 15.6 Å². The second kappa shape index (κ2) is 7.22. The van der Waals surface area contributed by atoms with Crippen LogP contribution in [-0.4, -0.2) is 33.8 Å². The van der Waals surface area contributed by atoms with Crippen molar-refractivity contribution < 1.29 is 9.18 Å². The van der Waals surface area contributed by atoms with Gasteiger partial charge in [0.1, 0.15) is 5.82 Å². The minimum Gasteiger partial charge on any atom is -0.354 e. The van der Waals surface area contributed by atoms with E-state index in [4.69, 9.17) is 5.26 Å². The molecule has 1 aromatic carbocycles. The van der Waals surface area contributed by atoms with Crippen molar-refractivity contribution >= 4 is 11.7 Å². The summed E-state index contributed by atoms with van der Waals surface area (Å²) in [7, 11) is 0. The summed E-state index contributed by atoms with van der Waals surface area (Å²) in [6, 6.07) is 12.0. The molecule has 3 aromatic rings. The molecule has 0 radical (unpaired) electrons. The van der Waals surface area contributed by atoms with Crippen LogP contribution in [0.1, 0.15) is 28.0 Å². The van der Waals surface area contributed by atoms with E-state index in [1.54, 1.807) is 16.9 Å². The fraction of sp³-hybridized carbons (Fsp3) is 0.227. The Hall–Kier alpha value is -4.24. The van der Waals surface area contributed by atoms with Gasteiger partial charge in [-0.3, -0.25) is 4.79 Å². The van der Waals surface area contributed by atoms with Crippen molar-refractivity contribution in [3.8, 4) is 29.1 Å². The van der Waals surface area contributed by atoms with Crippen LogP contribution in [0.4, 0.5) is 10.2 Å². The van der Waals surface area contributed by atoms with Gasteiger partial charge >= 0.3 is 0 Å². The van der Waals surface area contributed by atoms with E-state index in [2.05, 4.69) is 21.5 Å². The molecule has 9 heteroatoms. The van der Waals surface area contributed by atoms with Gasteiger partial charge in [0, 0.05) is 25.4 Å². The number of hydrogen-bond donors (Lipinski definition) is 1. The zero-order chi connectivity index (χ0) is 21.5. The van der Waals surface area contributed by atoms with Crippen molar-refractivity contribution in [3.63, 3.8) is 0 Å². The van der Waals surface area contributed by atoms with Gasteiger partial charge in [-0.05, 0) is 24.6 Å². The Labute approximate surface area is 177 Å². The van der Waals surface area contributed by atoms with Gasteiger partial charge in [-0.1, -0.05) is 6.07 Å². The first-order chi connectivity index (χ1) is 15.1. The van der Waals surface area contributed by atoms with Gasteiger partial charge in [-0.25, -0.2) is 14.1 Å². The van der Waals surface area contributed by atoms with Crippen LogP contribution in [-0.2, 0) is 6.54 Å². The van der Waals surface area contributed by atoms with Crippen molar-refractivity contribution in [2.75, 3.05) is 18.0 Å². The molecule has 0 spiro atoms. The summed E-state index contributed by atoms with van der Waals surface area (Å²) in [5, 5.41) is 25.9. The maximum absolute atomic E-state index is 14.6.